The molecule has 0 spiro atoms. The van der Waals surface area contributed by atoms with E-state index in [1.807, 2.05) is 43.9 Å². The summed E-state index contributed by atoms with van der Waals surface area (Å²) in [5.41, 5.74) is 6.69. The number of aromatic nitrogens is 3. The number of hydrogen-bond acceptors (Lipinski definition) is 5. The summed E-state index contributed by atoms with van der Waals surface area (Å²) in [5, 5.41) is 4.79. The van der Waals surface area contributed by atoms with Crippen molar-refractivity contribution in [3.05, 3.63) is 64.3 Å². The van der Waals surface area contributed by atoms with Gasteiger partial charge in [0.15, 0.2) is 0 Å². The molecule has 6 rings (SSSR count). The molecule has 0 aliphatic carbocycles. The molecule has 2 fully saturated rings. The maximum absolute atomic E-state index is 13.2. The lowest BCUT2D eigenvalue weighted by Crippen LogP contribution is -2.32. The smallest absolute Gasteiger partial charge is 0.227 e. The molecule has 4 heterocycles. The molecular formula is C29H31ClN4O3. The standard InChI is InChI=1S/C29H31ClN4O3/c1-16-5-7-21(15-23(16)30)33-26(9-10-27(33)35)29-31-24-14-20(28-18(3)32-37-19(28)4)6-8-25(24)34(29)22-11-12-36-17(2)13-22/h5-8,14-15,17,22,26H,9-13H2,1-4H3/t17?,22?,26-/m0/s1. The van der Waals surface area contributed by atoms with E-state index in [4.69, 9.17) is 25.8 Å². The molecule has 37 heavy (non-hydrogen) atoms. The van der Waals surface area contributed by atoms with Gasteiger partial charge in [0.1, 0.15) is 11.6 Å². The second-order valence-electron chi connectivity index (χ2n) is 10.4. The van der Waals surface area contributed by atoms with E-state index in [2.05, 4.69) is 34.8 Å². The van der Waals surface area contributed by atoms with Gasteiger partial charge in [-0.3, -0.25) is 4.79 Å². The van der Waals surface area contributed by atoms with Crippen molar-refractivity contribution in [2.75, 3.05) is 11.5 Å². The van der Waals surface area contributed by atoms with E-state index < -0.39 is 0 Å². The van der Waals surface area contributed by atoms with Crippen LogP contribution in [-0.2, 0) is 9.53 Å². The minimum absolute atomic E-state index is 0.0975. The Bertz CT molecular complexity index is 1490. The highest BCUT2D eigenvalue weighted by Crippen LogP contribution is 2.42. The first-order valence-corrected chi connectivity index (χ1v) is 13.3. The number of anilines is 1. The Balaban J connectivity index is 1.51. The van der Waals surface area contributed by atoms with Crippen molar-refractivity contribution in [2.45, 2.75) is 71.6 Å². The van der Waals surface area contributed by atoms with Crippen molar-refractivity contribution in [2.24, 2.45) is 0 Å². The fourth-order valence-corrected chi connectivity index (χ4v) is 6.15. The van der Waals surface area contributed by atoms with Crippen LogP contribution in [0.4, 0.5) is 5.69 Å². The normalized spacial score (nSPS) is 22.4. The summed E-state index contributed by atoms with van der Waals surface area (Å²) in [6, 6.07) is 12.3. The highest BCUT2D eigenvalue weighted by Gasteiger charge is 2.38. The van der Waals surface area contributed by atoms with Crippen LogP contribution in [0.2, 0.25) is 5.02 Å². The van der Waals surface area contributed by atoms with Crippen LogP contribution in [0, 0.1) is 20.8 Å². The number of carbonyl (C=O) groups is 1. The predicted molar refractivity (Wildman–Crippen MR) is 144 cm³/mol. The minimum atomic E-state index is -0.167. The summed E-state index contributed by atoms with van der Waals surface area (Å²) in [6.07, 6.45) is 3.17. The SMILES string of the molecule is Cc1ccc(N2C(=O)CC[C@H]2c2nc3cc(-c4c(C)noc4C)ccc3n2C2CCOC(C)C2)cc1Cl. The molecule has 0 radical (unpaired) electrons. The molecule has 7 nitrogen and oxygen atoms in total. The largest absolute Gasteiger partial charge is 0.378 e. The molecule has 4 aromatic rings. The lowest BCUT2D eigenvalue weighted by molar-refractivity contribution is -0.117. The van der Waals surface area contributed by atoms with Crippen molar-refractivity contribution in [3.8, 4) is 11.1 Å². The molecule has 2 aliphatic rings. The van der Waals surface area contributed by atoms with E-state index >= 15 is 0 Å². The van der Waals surface area contributed by atoms with Gasteiger partial charge in [-0.25, -0.2) is 4.98 Å². The molecule has 2 saturated heterocycles. The van der Waals surface area contributed by atoms with Crippen LogP contribution in [0.1, 0.15) is 67.5 Å². The highest BCUT2D eigenvalue weighted by molar-refractivity contribution is 6.31. The molecule has 3 atom stereocenters. The molecule has 1 amide bonds. The molecular weight excluding hydrogens is 488 g/mol. The number of halogens is 1. The monoisotopic (exact) mass is 518 g/mol. The van der Waals surface area contributed by atoms with E-state index in [0.29, 0.717) is 24.5 Å². The maximum atomic E-state index is 13.2. The number of imidazole rings is 1. The second kappa shape index (κ2) is 9.30. The van der Waals surface area contributed by atoms with E-state index in [9.17, 15) is 4.79 Å². The van der Waals surface area contributed by atoms with E-state index in [1.165, 1.54) is 0 Å². The van der Waals surface area contributed by atoms with Crippen LogP contribution in [-0.4, -0.2) is 33.3 Å². The summed E-state index contributed by atoms with van der Waals surface area (Å²) in [6.45, 7) is 8.70. The number of carbonyl (C=O) groups excluding carboxylic acids is 1. The van der Waals surface area contributed by atoms with Gasteiger partial charge in [-0.15, -0.1) is 0 Å². The van der Waals surface area contributed by atoms with Gasteiger partial charge in [0.25, 0.3) is 0 Å². The Morgan fingerprint density at radius 3 is 2.65 bits per heavy atom. The van der Waals surface area contributed by atoms with E-state index in [-0.39, 0.29) is 24.1 Å². The number of aryl methyl sites for hydroxylation is 3. The zero-order valence-corrected chi connectivity index (χ0v) is 22.4. The number of rotatable bonds is 4. The van der Waals surface area contributed by atoms with E-state index in [1.54, 1.807) is 0 Å². The molecule has 2 unspecified atom stereocenters. The number of hydrogen-bond donors (Lipinski definition) is 0. The first-order valence-electron chi connectivity index (χ1n) is 13.0. The highest BCUT2D eigenvalue weighted by atomic mass is 35.5. The van der Waals surface area contributed by atoms with E-state index in [0.717, 1.165) is 63.5 Å². The summed E-state index contributed by atoms with van der Waals surface area (Å²) in [5.74, 6) is 1.81. The van der Waals surface area contributed by atoms with Gasteiger partial charge in [-0.1, -0.05) is 28.9 Å². The van der Waals surface area contributed by atoms with Gasteiger partial charge < -0.3 is 18.7 Å². The zero-order chi connectivity index (χ0) is 25.8. The quantitative estimate of drug-likeness (QED) is 0.294. The third-order valence-corrected chi connectivity index (χ3v) is 8.21. The summed E-state index contributed by atoms with van der Waals surface area (Å²) in [4.78, 5) is 20.3. The van der Waals surface area contributed by atoms with Crippen molar-refractivity contribution in [1.82, 2.24) is 14.7 Å². The first kappa shape index (κ1) is 24.2. The van der Waals surface area contributed by atoms with Crippen molar-refractivity contribution in [1.29, 1.82) is 0 Å². The Hall–Kier alpha value is -3.16. The molecule has 0 bridgehead atoms. The van der Waals surface area contributed by atoms with Gasteiger partial charge in [0, 0.05) is 35.3 Å². The van der Waals surface area contributed by atoms with Crippen molar-refractivity contribution in [3.63, 3.8) is 0 Å². The Morgan fingerprint density at radius 1 is 1.08 bits per heavy atom. The fourth-order valence-electron chi connectivity index (χ4n) is 5.98. The minimum Gasteiger partial charge on any atom is -0.378 e. The third kappa shape index (κ3) is 4.14. The van der Waals surface area contributed by atoms with Gasteiger partial charge in [0.2, 0.25) is 5.91 Å². The van der Waals surface area contributed by atoms with Crippen LogP contribution in [0.3, 0.4) is 0 Å². The predicted octanol–water partition coefficient (Wildman–Crippen LogP) is 6.88. The molecule has 8 heteroatoms. The van der Waals surface area contributed by atoms with Crippen LogP contribution < -0.4 is 4.90 Å². The number of fused-ring (bicyclic) bond motifs is 1. The number of amides is 1. The fraction of sp³-hybridized carbons (Fsp3) is 0.414. The topological polar surface area (TPSA) is 73.4 Å². The average molecular weight is 519 g/mol. The van der Waals surface area contributed by atoms with Crippen LogP contribution in [0.25, 0.3) is 22.2 Å². The van der Waals surface area contributed by atoms with Gasteiger partial charge >= 0.3 is 0 Å². The molecule has 0 saturated carbocycles. The summed E-state index contributed by atoms with van der Waals surface area (Å²) >= 11 is 6.47. The number of benzene rings is 2. The van der Waals surface area contributed by atoms with Crippen LogP contribution >= 0.6 is 11.6 Å². The molecule has 0 N–H and O–H groups in total. The number of nitrogens with zero attached hydrogens (tertiary/aromatic N) is 4. The molecule has 2 aromatic heterocycles. The lowest BCUT2D eigenvalue weighted by atomic mass is 10.0. The lowest BCUT2D eigenvalue weighted by Gasteiger charge is -2.32. The molecule has 2 aromatic carbocycles. The number of ether oxygens (including phenoxy) is 1. The molecule has 192 valence electrons. The Morgan fingerprint density at radius 2 is 1.92 bits per heavy atom. The van der Waals surface area contributed by atoms with Crippen molar-refractivity contribution < 1.29 is 14.1 Å². The van der Waals surface area contributed by atoms with Crippen LogP contribution in [0.5, 0.6) is 0 Å². The van der Waals surface area contributed by atoms with Crippen LogP contribution in [0.15, 0.2) is 40.9 Å². The Labute approximate surface area is 221 Å². The summed E-state index contributed by atoms with van der Waals surface area (Å²) < 4.78 is 13.7. The third-order valence-electron chi connectivity index (χ3n) is 7.81. The van der Waals surface area contributed by atoms with Gasteiger partial charge in [0.05, 0.1) is 28.9 Å². The molecule has 2 aliphatic heterocycles. The Kier molecular flexibility index (Phi) is 6.08. The van der Waals surface area contributed by atoms with Gasteiger partial charge in [-0.05, 0) is 82.3 Å². The zero-order valence-electron chi connectivity index (χ0n) is 21.6. The van der Waals surface area contributed by atoms with Gasteiger partial charge in [-0.2, -0.15) is 0 Å². The first-order chi connectivity index (χ1) is 17.8. The summed E-state index contributed by atoms with van der Waals surface area (Å²) in [7, 11) is 0. The van der Waals surface area contributed by atoms with Crippen molar-refractivity contribution >= 4 is 34.2 Å². The average Bonchev–Trinajstić information content (AvgIpc) is 3.54. The second-order valence-corrected chi connectivity index (χ2v) is 10.8. The maximum Gasteiger partial charge on any atom is 0.227 e.